The maximum atomic E-state index is 12.8. The Bertz CT molecular complexity index is 933. The van der Waals surface area contributed by atoms with Crippen LogP contribution in [0.15, 0.2) is 0 Å². The van der Waals surface area contributed by atoms with Crippen molar-refractivity contribution in [2.24, 2.45) is 17.8 Å². The molecule has 0 aromatic heterocycles. The van der Waals surface area contributed by atoms with E-state index in [1.54, 1.807) is 0 Å². The summed E-state index contributed by atoms with van der Waals surface area (Å²) in [6.45, 7) is 13.8. The Kier molecular flexibility index (Phi) is 44.2. The van der Waals surface area contributed by atoms with Crippen molar-refractivity contribution in [3.63, 3.8) is 0 Å². The van der Waals surface area contributed by atoms with Crippen LogP contribution in [0.25, 0.3) is 0 Å². The zero-order valence-corrected chi connectivity index (χ0v) is 41.3. The molecule has 0 amide bonds. The van der Waals surface area contributed by atoms with Gasteiger partial charge >= 0.3 is 17.9 Å². The van der Waals surface area contributed by atoms with Gasteiger partial charge in [-0.25, -0.2) is 0 Å². The van der Waals surface area contributed by atoms with Crippen molar-refractivity contribution in [2.45, 2.75) is 298 Å². The van der Waals surface area contributed by atoms with Gasteiger partial charge in [-0.2, -0.15) is 0 Å². The van der Waals surface area contributed by atoms with Crippen molar-refractivity contribution in [3.05, 3.63) is 0 Å². The molecule has 0 aliphatic carbocycles. The highest BCUT2D eigenvalue weighted by Gasteiger charge is 2.19. The normalized spacial score (nSPS) is 13.1. The summed E-state index contributed by atoms with van der Waals surface area (Å²) in [5.41, 5.74) is 0. The molecule has 0 N–H and O–H groups in total. The minimum atomic E-state index is -0.763. The zero-order valence-electron chi connectivity index (χ0n) is 41.3. The zero-order chi connectivity index (χ0) is 44.2. The lowest BCUT2D eigenvalue weighted by molar-refractivity contribution is -0.167. The van der Waals surface area contributed by atoms with Gasteiger partial charge in [-0.05, 0) is 37.0 Å². The summed E-state index contributed by atoms with van der Waals surface area (Å²) in [6, 6.07) is 0. The third-order valence-electron chi connectivity index (χ3n) is 12.9. The van der Waals surface area contributed by atoms with Crippen molar-refractivity contribution in [2.75, 3.05) is 13.2 Å². The number of esters is 3. The summed E-state index contributed by atoms with van der Waals surface area (Å²) in [4.78, 5) is 38.0. The smallest absolute Gasteiger partial charge is 0.306 e. The highest BCUT2D eigenvalue weighted by atomic mass is 16.6. The first kappa shape index (κ1) is 58.4. The van der Waals surface area contributed by atoms with Crippen molar-refractivity contribution in [3.8, 4) is 0 Å². The summed E-state index contributed by atoms with van der Waals surface area (Å²) in [7, 11) is 0. The fourth-order valence-electron chi connectivity index (χ4n) is 8.05. The average Bonchev–Trinajstić information content (AvgIpc) is 3.23. The maximum Gasteiger partial charge on any atom is 0.306 e. The molecule has 0 aliphatic heterocycles. The van der Waals surface area contributed by atoms with Crippen LogP contribution in [0.2, 0.25) is 0 Å². The molecule has 0 aliphatic rings. The van der Waals surface area contributed by atoms with E-state index in [1.807, 2.05) is 0 Å². The lowest BCUT2D eigenvalue weighted by atomic mass is 9.99. The molecule has 0 aromatic rings. The number of unbranched alkanes of at least 4 members (excludes halogenated alkanes) is 28. The number of ether oxygens (including phenoxy) is 3. The van der Waals surface area contributed by atoms with Gasteiger partial charge in [-0.3, -0.25) is 14.4 Å². The van der Waals surface area contributed by atoms with Gasteiger partial charge in [0.25, 0.3) is 0 Å². The minimum absolute atomic E-state index is 0.0649. The molecule has 0 heterocycles. The Hall–Kier alpha value is -1.59. The summed E-state index contributed by atoms with van der Waals surface area (Å²) in [5, 5.41) is 0. The predicted octanol–water partition coefficient (Wildman–Crippen LogP) is 17.2. The monoisotopic (exact) mass is 849 g/mol. The molecule has 356 valence electrons. The van der Waals surface area contributed by atoms with Gasteiger partial charge in [0, 0.05) is 19.3 Å². The molecule has 6 nitrogen and oxygen atoms in total. The summed E-state index contributed by atoms with van der Waals surface area (Å²) in [6.07, 6.45) is 45.1. The van der Waals surface area contributed by atoms with E-state index in [4.69, 9.17) is 14.2 Å². The van der Waals surface area contributed by atoms with E-state index < -0.39 is 6.10 Å². The SMILES string of the molecule is CCC(C)CCCCCCCCCCCCCCCCC(=O)OC[C@H](COC(=O)CCCCCCCCCCCC(C)C)OC(=O)CCCCCCCCCCC(C)CC. The van der Waals surface area contributed by atoms with Gasteiger partial charge in [-0.1, -0.05) is 253 Å². The first-order valence-electron chi connectivity index (χ1n) is 26.7. The molecule has 3 atom stereocenters. The highest BCUT2D eigenvalue weighted by Crippen LogP contribution is 2.18. The summed E-state index contributed by atoms with van der Waals surface area (Å²) >= 11 is 0. The number of rotatable bonds is 47. The molecule has 6 heteroatoms. The van der Waals surface area contributed by atoms with Crippen LogP contribution in [0.3, 0.4) is 0 Å². The molecule has 0 aromatic carbocycles. The molecule has 0 rings (SSSR count). The number of carbonyl (C=O) groups is 3. The molecule has 0 radical (unpaired) electrons. The average molecular weight is 849 g/mol. The lowest BCUT2D eigenvalue weighted by Crippen LogP contribution is -2.30. The van der Waals surface area contributed by atoms with Crippen molar-refractivity contribution >= 4 is 17.9 Å². The van der Waals surface area contributed by atoms with E-state index in [2.05, 4.69) is 41.5 Å². The summed E-state index contributed by atoms with van der Waals surface area (Å²) in [5.74, 6) is 1.70. The molecule has 0 saturated heterocycles. The molecule has 2 unspecified atom stereocenters. The molecular weight excluding hydrogens is 745 g/mol. The Balaban J connectivity index is 4.29. The lowest BCUT2D eigenvalue weighted by Gasteiger charge is -2.18. The van der Waals surface area contributed by atoms with Gasteiger partial charge in [0.15, 0.2) is 6.10 Å². The van der Waals surface area contributed by atoms with Crippen LogP contribution in [0.4, 0.5) is 0 Å². The Morgan fingerprint density at radius 2 is 0.583 bits per heavy atom. The topological polar surface area (TPSA) is 78.9 Å². The molecular formula is C54H104O6. The van der Waals surface area contributed by atoms with Crippen LogP contribution < -0.4 is 0 Å². The van der Waals surface area contributed by atoms with E-state index in [0.29, 0.717) is 19.3 Å². The van der Waals surface area contributed by atoms with Crippen LogP contribution in [-0.2, 0) is 28.6 Å². The van der Waals surface area contributed by atoms with Gasteiger partial charge in [0.2, 0.25) is 0 Å². The van der Waals surface area contributed by atoms with Gasteiger partial charge in [-0.15, -0.1) is 0 Å². The van der Waals surface area contributed by atoms with E-state index in [9.17, 15) is 14.4 Å². The van der Waals surface area contributed by atoms with Crippen molar-refractivity contribution in [1.29, 1.82) is 0 Å². The third-order valence-corrected chi connectivity index (χ3v) is 12.9. The molecule has 0 spiro atoms. The fourth-order valence-corrected chi connectivity index (χ4v) is 8.05. The van der Waals surface area contributed by atoms with Gasteiger partial charge in [0.05, 0.1) is 0 Å². The molecule has 0 bridgehead atoms. The highest BCUT2D eigenvalue weighted by molar-refractivity contribution is 5.71. The first-order valence-corrected chi connectivity index (χ1v) is 26.7. The largest absolute Gasteiger partial charge is 0.462 e. The fraction of sp³-hybridized carbons (Fsp3) is 0.944. The van der Waals surface area contributed by atoms with Crippen LogP contribution >= 0.6 is 0 Å². The quantitative estimate of drug-likeness (QED) is 0.0345. The van der Waals surface area contributed by atoms with E-state index in [1.165, 1.54) is 173 Å². The number of hydrogen-bond donors (Lipinski definition) is 0. The molecule has 0 fully saturated rings. The maximum absolute atomic E-state index is 12.8. The van der Waals surface area contributed by atoms with E-state index >= 15 is 0 Å². The van der Waals surface area contributed by atoms with Crippen molar-refractivity contribution in [1.82, 2.24) is 0 Å². The number of hydrogen-bond acceptors (Lipinski definition) is 6. The van der Waals surface area contributed by atoms with Gasteiger partial charge < -0.3 is 14.2 Å². The molecule has 60 heavy (non-hydrogen) atoms. The Morgan fingerprint density at radius 1 is 0.333 bits per heavy atom. The molecule has 0 saturated carbocycles. The minimum Gasteiger partial charge on any atom is -0.462 e. The van der Waals surface area contributed by atoms with Crippen molar-refractivity contribution < 1.29 is 28.6 Å². The van der Waals surface area contributed by atoms with Crippen LogP contribution in [-0.4, -0.2) is 37.2 Å². The van der Waals surface area contributed by atoms with E-state index in [-0.39, 0.29) is 31.1 Å². The first-order chi connectivity index (χ1) is 29.2. The number of carbonyl (C=O) groups excluding carboxylic acids is 3. The Morgan fingerprint density at radius 3 is 0.867 bits per heavy atom. The van der Waals surface area contributed by atoms with Crippen LogP contribution in [0.1, 0.15) is 292 Å². The summed E-state index contributed by atoms with van der Waals surface area (Å²) < 4.78 is 16.8. The van der Waals surface area contributed by atoms with Crippen LogP contribution in [0, 0.1) is 17.8 Å². The van der Waals surface area contributed by atoms with E-state index in [0.717, 1.165) is 75.5 Å². The standard InChI is InChI=1S/C54H104O6/c1-7-49(5)41-35-29-23-17-13-11-9-10-12-14-18-25-31-37-43-52(55)58-46-51(60-54(57)45-39-33-27-21-20-24-30-36-42-50(6)8-2)47-59-53(56)44-38-32-26-19-15-16-22-28-34-40-48(3)4/h48-51H,7-47H2,1-6H3/t49?,50?,51-/m1/s1. The van der Waals surface area contributed by atoms with Gasteiger partial charge in [0.1, 0.15) is 13.2 Å². The second kappa shape index (κ2) is 45.4. The second-order valence-electron chi connectivity index (χ2n) is 19.5. The Labute approximate surface area is 374 Å². The third kappa shape index (κ3) is 44.5. The predicted molar refractivity (Wildman–Crippen MR) is 256 cm³/mol. The van der Waals surface area contributed by atoms with Crippen LogP contribution in [0.5, 0.6) is 0 Å². The second-order valence-corrected chi connectivity index (χ2v) is 19.5.